The quantitative estimate of drug-likeness (QED) is 0.274. The van der Waals surface area contributed by atoms with E-state index in [9.17, 15) is 4.79 Å². The average Bonchev–Trinajstić information content (AvgIpc) is 3.17. The molecule has 0 atom stereocenters. The van der Waals surface area contributed by atoms with Gasteiger partial charge in [0.05, 0.1) is 0 Å². The first kappa shape index (κ1) is 28.2. The highest BCUT2D eigenvalue weighted by molar-refractivity contribution is 14.0. The molecule has 1 saturated carbocycles. The van der Waals surface area contributed by atoms with E-state index < -0.39 is 5.60 Å². The van der Waals surface area contributed by atoms with Gasteiger partial charge < -0.3 is 25.0 Å². The molecule has 2 rings (SSSR count). The number of methoxy groups -OCH3 is 1. The maximum absolute atomic E-state index is 12.2. The molecule has 2 fully saturated rings. The first-order valence-electron chi connectivity index (χ1n) is 11.4. The molecular weight excluding hydrogens is 509 g/mol. The fourth-order valence-corrected chi connectivity index (χ4v) is 4.26. The van der Waals surface area contributed by atoms with Gasteiger partial charge in [0.25, 0.3) is 0 Å². The van der Waals surface area contributed by atoms with Gasteiger partial charge in [0, 0.05) is 66.6 Å². The van der Waals surface area contributed by atoms with E-state index in [2.05, 4.69) is 20.5 Å². The van der Waals surface area contributed by atoms with Crippen LogP contribution in [-0.4, -0.2) is 94.0 Å². The molecule has 0 aromatic carbocycles. The first-order valence-corrected chi connectivity index (χ1v) is 11.4. The third-order valence-corrected chi connectivity index (χ3v) is 6.10. The zero-order valence-corrected chi connectivity index (χ0v) is 22.5. The molecule has 0 aromatic rings. The summed E-state index contributed by atoms with van der Waals surface area (Å²) in [4.78, 5) is 20.7. The molecule has 0 spiro atoms. The molecule has 0 radical (unpaired) electrons. The van der Waals surface area contributed by atoms with E-state index in [1.165, 1.54) is 25.7 Å². The smallest absolute Gasteiger partial charge is 0.410 e. The molecule has 182 valence electrons. The van der Waals surface area contributed by atoms with Crippen molar-refractivity contribution in [1.82, 2.24) is 20.4 Å². The Kier molecular flexibility index (Phi) is 12.4. The van der Waals surface area contributed by atoms with Crippen molar-refractivity contribution in [1.29, 1.82) is 0 Å². The summed E-state index contributed by atoms with van der Waals surface area (Å²) >= 11 is 0. The Morgan fingerprint density at radius 2 is 1.74 bits per heavy atom. The van der Waals surface area contributed by atoms with Gasteiger partial charge in [0.1, 0.15) is 5.60 Å². The van der Waals surface area contributed by atoms with Crippen molar-refractivity contribution < 1.29 is 14.3 Å². The second kappa shape index (κ2) is 13.7. The fraction of sp³-hybridized carbons (Fsp3) is 0.909. The minimum Gasteiger partial charge on any atom is -0.444 e. The number of rotatable bonds is 8. The molecule has 8 nitrogen and oxygen atoms in total. The minimum absolute atomic E-state index is 0. The van der Waals surface area contributed by atoms with Gasteiger partial charge in [-0.2, -0.15) is 0 Å². The Labute approximate surface area is 205 Å². The number of nitrogens with one attached hydrogen (secondary N) is 2. The number of hydrogen-bond donors (Lipinski definition) is 2. The van der Waals surface area contributed by atoms with E-state index >= 15 is 0 Å². The molecule has 1 aliphatic heterocycles. The van der Waals surface area contributed by atoms with Crippen molar-refractivity contribution in [2.45, 2.75) is 58.5 Å². The number of hydrogen-bond acceptors (Lipinski definition) is 5. The largest absolute Gasteiger partial charge is 0.444 e. The average molecular weight is 554 g/mol. The van der Waals surface area contributed by atoms with E-state index in [0.29, 0.717) is 18.5 Å². The molecule has 1 aliphatic carbocycles. The van der Waals surface area contributed by atoms with Crippen LogP contribution in [0, 0.1) is 5.41 Å². The Morgan fingerprint density at radius 1 is 1.10 bits per heavy atom. The highest BCUT2D eigenvalue weighted by atomic mass is 127. The van der Waals surface area contributed by atoms with Crippen molar-refractivity contribution in [2.75, 3.05) is 66.6 Å². The maximum Gasteiger partial charge on any atom is 0.410 e. The number of aliphatic imine (C=N–C) groups is 1. The van der Waals surface area contributed by atoms with Crippen LogP contribution >= 0.6 is 24.0 Å². The van der Waals surface area contributed by atoms with E-state index in [1.807, 2.05) is 27.8 Å². The highest BCUT2D eigenvalue weighted by Gasteiger charge is 2.33. The van der Waals surface area contributed by atoms with Gasteiger partial charge in [-0.15, -0.1) is 24.0 Å². The lowest BCUT2D eigenvalue weighted by molar-refractivity contribution is 0.0147. The van der Waals surface area contributed by atoms with Gasteiger partial charge in [-0.05, 0) is 45.4 Å². The van der Waals surface area contributed by atoms with Gasteiger partial charge in [-0.1, -0.05) is 12.8 Å². The van der Waals surface area contributed by atoms with Crippen molar-refractivity contribution in [2.24, 2.45) is 10.4 Å². The predicted molar refractivity (Wildman–Crippen MR) is 136 cm³/mol. The van der Waals surface area contributed by atoms with Crippen LogP contribution in [0.25, 0.3) is 0 Å². The maximum atomic E-state index is 12.2. The summed E-state index contributed by atoms with van der Waals surface area (Å²) in [6.45, 7) is 12.4. The van der Waals surface area contributed by atoms with Gasteiger partial charge >= 0.3 is 6.09 Å². The van der Waals surface area contributed by atoms with Crippen molar-refractivity contribution >= 4 is 36.0 Å². The first-order chi connectivity index (χ1) is 14.3. The van der Waals surface area contributed by atoms with Crippen LogP contribution in [0.2, 0.25) is 0 Å². The standard InChI is InChI=1S/C22H43N5O3.HI/c1-21(2,3)30-20(28)27-15-13-26(14-16-27)12-11-24-19(23-4)25-18-22(10-17-29-5)8-6-7-9-22;/h6-18H2,1-5H3,(H2,23,24,25);1H. The molecule has 1 amide bonds. The van der Waals surface area contributed by atoms with Gasteiger partial charge in [-0.25, -0.2) is 4.79 Å². The van der Waals surface area contributed by atoms with Crippen LogP contribution in [0.15, 0.2) is 4.99 Å². The van der Waals surface area contributed by atoms with E-state index in [0.717, 1.165) is 51.7 Å². The van der Waals surface area contributed by atoms with Crippen LogP contribution < -0.4 is 10.6 Å². The Morgan fingerprint density at radius 3 is 2.29 bits per heavy atom. The number of carbonyl (C=O) groups excluding carboxylic acids is 1. The van der Waals surface area contributed by atoms with Crippen molar-refractivity contribution in [3.05, 3.63) is 0 Å². The summed E-state index contributed by atoms with van der Waals surface area (Å²) in [5.41, 5.74) is -0.104. The highest BCUT2D eigenvalue weighted by Crippen LogP contribution is 2.40. The third kappa shape index (κ3) is 10.1. The summed E-state index contributed by atoms with van der Waals surface area (Å²) in [7, 11) is 3.61. The lowest BCUT2D eigenvalue weighted by atomic mass is 9.83. The number of ether oxygens (including phenoxy) is 2. The number of piperazine rings is 1. The second-order valence-corrected chi connectivity index (χ2v) is 9.61. The summed E-state index contributed by atoms with van der Waals surface area (Å²) in [5.74, 6) is 0.867. The molecule has 0 unspecified atom stereocenters. The van der Waals surface area contributed by atoms with Crippen LogP contribution in [0.3, 0.4) is 0 Å². The van der Waals surface area contributed by atoms with Crippen LogP contribution in [-0.2, 0) is 9.47 Å². The zero-order chi connectivity index (χ0) is 22.0. The summed E-state index contributed by atoms with van der Waals surface area (Å²) in [5, 5.41) is 6.98. The lowest BCUT2D eigenvalue weighted by Crippen LogP contribution is -2.52. The summed E-state index contributed by atoms with van der Waals surface area (Å²) in [6.07, 6.45) is 6.05. The van der Waals surface area contributed by atoms with Gasteiger partial charge in [-0.3, -0.25) is 9.89 Å². The number of amides is 1. The Hall–Kier alpha value is -0.810. The second-order valence-electron chi connectivity index (χ2n) is 9.61. The van der Waals surface area contributed by atoms with Gasteiger partial charge in [0.15, 0.2) is 5.96 Å². The van der Waals surface area contributed by atoms with Crippen LogP contribution in [0.5, 0.6) is 0 Å². The number of carbonyl (C=O) groups is 1. The molecular formula is C22H44IN5O3. The topological polar surface area (TPSA) is 78.4 Å². The molecule has 0 bridgehead atoms. The van der Waals surface area contributed by atoms with Crippen LogP contribution in [0.1, 0.15) is 52.9 Å². The van der Waals surface area contributed by atoms with Gasteiger partial charge in [0.2, 0.25) is 0 Å². The molecule has 2 aliphatic rings. The van der Waals surface area contributed by atoms with Crippen molar-refractivity contribution in [3.8, 4) is 0 Å². The molecule has 0 aromatic heterocycles. The van der Waals surface area contributed by atoms with E-state index in [1.54, 1.807) is 12.0 Å². The zero-order valence-electron chi connectivity index (χ0n) is 20.2. The summed E-state index contributed by atoms with van der Waals surface area (Å²) in [6, 6.07) is 0. The molecule has 1 heterocycles. The summed E-state index contributed by atoms with van der Waals surface area (Å²) < 4.78 is 10.8. The molecule has 9 heteroatoms. The van der Waals surface area contributed by atoms with Crippen LogP contribution in [0.4, 0.5) is 4.79 Å². The normalized spacial score (nSPS) is 19.6. The van der Waals surface area contributed by atoms with E-state index in [4.69, 9.17) is 9.47 Å². The SMILES string of the molecule is CN=C(NCCN1CCN(C(=O)OC(C)(C)C)CC1)NCC1(CCOC)CCCC1.I. The predicted octanol–water partition coefficient (Wildman–Crippen LogP) is 2.92. The Bertz CT molecular complexity index is 554. The van der Waals surface area contributed by atoms with Crippen molar-refractivity contribution in [3.63, 3.8) is 0 Å². The number of halogens is 1. The monoisotopic (exact) mass is 553 g/mol. The minimum atomic E-state index is -0.443. The Balaban J connectivity index is 0.00000480. The lowest BCUT2D eigenvalue weighted by Gasteiger charge is -2.35. The number of nitrogens with zero attached hydrogens (tertiary/aromatic N) is 3. The molecule has 2 N–H and O–H groups in total. The molecule has 31 heavy (non-hydrogen) atoms. The number of guanidine groups is 1. The third-order valence-electron chi connectivity index (χ3n) is 6.10. The fourth-order valence-electron chi connectivity index (χ4n) is 4.26. The molecule has 1 saturated heterocycles. The van der Waals surface area contributed by atoms with E-state index in [-0.39, 0.29) is 30.1 Å².